The van der Waals surface area contributed by atoms with Crippen LogP contribution in [0.15, 0.2) is 164 Å². The van der Waals surface area contributed by atoms with E-state index < -0.39 is 11.7 Å². The van der Waals surface area contributed by atoms with E-state index in [0.717, 1.165) is 77.5 Å². The first-order chi connectivity index (χ1) is 29.1. The lowest BCUT2D eigenvalue weighted by Gasteiger charge is -2.21. The molecule has 8 aromatic carbocycles. The summed E-state index contributed by atoms with van der Waals surface area (Å²) in [6.07, 6.45) is -4.79. The van der Waals surface area contributed by atoms with Crippen LogP contribution in [-0.4, -0.2) is 9.13 Å². The molecule has 2 aromatic heterocycles. The van der Waals surface area contributed by atoms with Gasteiger partial charge in [-0.25, -0.2) is 4.85 Å². The van der Waals surface area contributed by atoms with Crippen molar-refractivity contribution >= 4 is 49.3 Å². The molecule has 60 heavy (non-hydrogen) atoms. The first kappa shape index (κ1) is 36.5. The zero-order chi connectivity index (χ0) is 41.3. The third-order valence-electron chi connectivity index (χ3n) is 11.6. The van der Waals surface area contributed by atoms with Crippen LogP contribution in [0.4, 0.5) is 18.9 Å². The molecule has 0 bridgehead atoms. The van der Waals surface area contributed by atoms with Crippen molar-refractivity contribution in [3.63, 3.8) is 0 Å². The van der Waals surface area contributed by atoms with Gasteiger partial charge >= 0.3 is 6.18 Å². The number of hydrogen-bond donors (Lipinski definition) is 0. The number of halogens is 3. The number of rotatable bonds is 5. The first-order valence-corrected chi connectivity index (χ1v) is 19.5. The highest BCUT2D eigenvalue weighted by atomic mass is 19.4. The Kier molecular flexibility index (Phi) is 8.45. The summed E-state index contributed by atoms with van der Waals surface area (Å²) in [7, 11) is 0. The number of aromatic nitrogens is 2. The van der Waals surface area contributed by atoms with E-state index >= 15 is 0 Å². The molecule has 0 fully saturated rings. The lowest BCUT2D eigenvalue weighted by atomic mass is 9.95. The van der Waals surface area contributed by atoms with E-state index in [2.05, 4.69) is 125 Å². The SMILES string of the molecule is [C-]#[N+]c1cc(-n2c3ccccc3c3cc(-c4ccc(C)cc4)ccc32)c(-n2c3ccccc3c3cc(-c4ccc(C)cc4)ccc32)cc1-c1ccc(C#N)cc1C(F)(F)F. The summed E-state index contributed by atoms with van der Waals surface area (Å²) in [6.45, 7) is 12.5. The topological polar surface area (TPSA) is 38.0 Å². The normalized spacial score (nSPS) is 11.7. The summed E-state index contributed by atoms with van der Waals surface area (Å²) in [5, 5.41) is 13.5. The van der Waals surface area contributed by atoms with E-state index in [4.69, 9.17) is 6.57 Å². The van der Waals surface area contributed by atoms with E-state index in [1.807, 2.05) is 42.5 Å². The van der Waals surface area contributed by atoms with Crippen molar-refractivity contribution in [2.45, 2.75) is 20.0 Å². The fraction of sp³-hybridized carbons (Fsp3) is 0.0566. The molecule has 2 heterocycles. The maximum atomic E-state index is 14.9. The van der Waals surface area contributed by atoms with Crippen LogP contribution in [0, 0.1) is 31.8 Å². The maximum Gasteiger partial charge on any atom is 0.417 e. The Morgan fingerprint density at radius 2 is 0.967 bits per heavy atom. The number of benzene rings is 8. The van der Waals surface area contributed by atoms with Gasteiger partial charge in [-0.15, -0.1) is 0 Å². The number of alkyl halides is 3. The van der Waals surface area contributed by atoms with Gasteiger partial charge in [-0.2, -0.15) is 18.4 Å². The third kappa shape index (κ3) is 5.91. The smallest absolute Gasteiger partial charge is 0.308 e. The van der Waals surface area contributed by atoms with Gasteiger partial charge in [0.15, 0.2) is 5.69 Å². The Morgan fingerprint density at radius 3 is 1.45 bits per heavy atom. The molecule has 10 rings (SSSR count). The molecular formula is C53H33F3N4. The molecule has 0 saturated heterocycles. The largest absolute Gasteiger partial charge is 0.417 e. The summed E-state index contributed by atoms with van der Waals surface area (Å²) < 4.78 is 49.0. The minimum absolute atomic E-state index is 0.0496. The third-order valence-corrected chi connectivity index (χ3v) is 11.6. The second kappa shape index (κ2) is 13.9. The molecule has 0 N–H and O–H groups in total. The molecule has 0 spiro atoms. The van der Waals surface area contributed by atoms with Gasteiger partial charge in [0.2, 0.25) is 0 Å². The minimum Gasteiger partial charge on any atom is -0.308 e. The Labute approximate surface area is 344 Å². The van der Waals surface area contributed by atoms with Gasteiger partial charge in [-0.3, -0.25) is 0 Å². The summed E-state index contributed by atoms with van der Waals surface area (Å²) in [5.41, 5.74) is 10.2. The quantitative estimate of drug-likeness (QED) is 0.160. The standard InChI is InChI=1S/C53H33F3N4/c1-32-12-17-35(18-13-32)37-21-24-49-43(27-37)40-8-4-6-10-47(40)59(49)51-29-42(39-23-16-34(31-57)26-45(39)53(54,55)56)46(58-3)30-52(51)60-48-11-7-5-9-41(48)44-28-38(22-25-50(44)60)36-19-14-33(2)15-20-36/h4-30H,1-2H3. The molecule has 0 saturated carbocycles. The number of nitriles is 1. The van der Waals surface area contributed by atoms with E-state index in [0.29, 0.717) is 11.4 Å². The fourth-order valence-electron chi connectivity index (χ4n) is 8.63. The van der Waals surface area contributed by atoms with Crippen LogP contribution in [-0.2, 0) is 6.18 Å². The highest BCUT2D eigenvalue weighted by Gasteiger charge is 2.35. The Hall–Kier alpha value is -7.87. The zero-order valence-corrected chi connectivity index (χ0v) is 32.5. The van der Waals surface area contributed by atoms with Crippen molar-refractivity contribution in [2.24, 2.45) is 0 Å². The van der Waals surface area contributed by atoms with Crippen molar-refractivity contribution in [2.75, 3.05) is 0 Å². The van der Waals surface area contributed by atoms with Gasteiger partial charge in [0.1, 0.15) is 0 Å². The molecule has 10 aromatic rings. The second-order valence-electron chi connectivity index (χ2n) is 15.2. The Bertz CT molecular complexity index is 3450. The van der Waals surface area contributed by atoms with Crippen molar-refractivity contribution in [1.29, 1.82) is 5.26 Å². The van der Waals surface area contributed by atoms with Crippen molar-refractivity contribution in [3.05, 3.63) is 197 Å². The lowest BCUT2D eigenvalue weighted by molar-refractivity contribution is -0.137. The Balaban J connectivity index is 1.33. The van der Waals surface area contributed by atoms with Crippen LogP contribution >= 0.6 is 0 Å². The van der Waals surface area contributed by atoms with Crippen LogP contribution in [0.1, 0.15) is 22.3 Å². The molecule has 0 radical (unpaired) electrons. The van der Waals surface area contributed by atoms with Crippen LogP contribution in [0.3, 0.4) is 0 Å². The molecule has 4 nitrogen and oxygen atoms in total. The molecule has 7 heteroatoms. The first-order valence-electron chi connectivity index (χ1n) is 19.5. The van der Waals surface area contributed by atoms with E-state index in [-0.39, 0.29) is 22.4 Å². The van der Waals surface area contributed by atoms with Gasteiger partial charge in [0, 0.05) is 21.5 Å². The molecule has 286 valence electrons. The van der Waals surface area contributed by atoms with Crippen LogP contribution in [0.2, 0.25) is 0 Å². The Morgan fingerprint density at radius 1 is 0.500 bits per heavy atom. The fourth-order valence-corrected chi connectivity index (χ4v) is 8.63. The number of hydrogen-bond acceptors (Lipinski definition) is 1. The average Bonchev–Trinajstić information content (AvgIpc) is 3.78. The van der Waals surface area contributed by atoms with Crippen LogP contribution in [0.25, 0.3) is 93.2 Å². The van der Waals surface area contributed by atoms with Crippen molar-refractivity contribution in [1.82, 2.24) is 9.13 Å². The summed E-state index contributed by atoms with van der Waals surface area (Å²) in [6, 6.07) is 54.4. The van der Waals surface area contributed by atoms with Gasteiger partial charge < -0.3 is 9.13 Å². The van der Waals surface area contributed by atoms with Crippen LogP contribution < -0.4 is 0 Å². The summed E-state index contributed by atoms with van der Waals surface area (Å²) in [4.78, 5) is 3.90. The number of fused-ring (bicyclic) bond motifs is 6. The predicted octanol–water partition coefficient (Wildman–Crippen LogP) is 14.9. The van der Waals surface area contributed by atoms with E-state index in [1.54, 1.807) is 12.1 Å². The van der Waals surface area contributed by atoms with Gasteiger partial charge in [-0.05, 0) is 108 Å². The van der Waals surface area contributed by atoms with Crippen LogP contribution in [0.5, 0.6) is 0 Å². The number of aryl methyl sites for hydroxylation is 2. The highest BCUT2D eigenvalue weighted by molar-refractivity contribution is 6.13. The molecule has 0 aliphatic heterocycles. The molecule has 0 aliphatic carbocycles. The van der Waals surface area contributed by atoms with Crippen molar-refractivity contribution < 1.29 is 13.2 Å². The number of nitrogens with zero attached hydrogens (tertiary/aromatic N) is 4. The highest BCUT2D eigenvalue weighted by Crippen LogP contribution is 2.47. The summed E-state index contributed by atoms with van der Waals surface area (Å²) in [5.74, 6) is 0. The van der Waals surface area contributed by atoms with Crippen molar-refractivity contribution in [3.8, 4) is 50.8 Å². The van der Waals surface area contributed by atoms with Gasteiger partial charge in [0.25, 0.3) is 0 Å². The molecule has 0 unspecified atom stereocenters. The average molecular weight is 783 g/mol. The monoisotopic (exact) mass is 782 g/mol. The minimum atomic E-state index is -4.79. The van der Waals surface area contributed by atoms with E-state index in [9.17, 15) is 18.4 Å². The lowest BCUT2D eigenvalue weighted by Crippen LogP contribution is -2.09. The second-order valence-corrected chi connectivity index (χ2v) is 15.2. The number of para-hydroxylation sites is 2. The summed E-state index contributed by atoms with van der Waals surface area (Å²) >= 11 is 0. The van der Waals surface area contributed by atoms with Gasteiger partial charge in [-0.1, -0.05) is 114 Å². The zero-order valence-electron chi connectivity index (χ0n) is 32.5. The molecule has 0 aliphatic rings. The molecule has 0 atom stereocenters. The molecular weight excluding hydrogens is 750 g/mol. The van der Waals surface area contributed by atoms with E-state index in [1.165, 1.54) is 17.7 Å². The molecule has 0 amide bonds. The van der Waals surface area contributed by atoms with Gasteiger partial charge in [0.05, 0.1) is 57.2 Å². The predicted molar refractivity (Wildman–Crippen MR) is 237 cm³/mol. The maximum absolute atomic E-state index is 14.9.